The van der Waals surface area contributed by atoms with Crippen molar-refractivity contribution in [3.05, 3.63) is 23.0 Å². The highest BCUT2D eigenvalue weighted by molar-refractivity contribution is 6.29. The standard InChI is InChI=1S/C9H7ClN2O2/c1-14-9(13)3-2-6-5-12-8(10)4-7(6)11/h4-5H,1H3,(H2,11,12). The molecular weight excluding hydrogens is 204 g/mol. The van der Waals surface area contributed by atoms with Crippen LogP contribution in [0.1, 0.15) is 5.56 Å². The van der Waals surface area contributed by atoms with Crippen molar-refractivity contribution in [3.8, 4) is 11.8 Å². The van der Waals surface area contributed by atoms with Gasteiger partial charge in [-0.05, 0) is 6.07 Å². The summed E-state index contributed by atoms with van der Waals surface area (Å²) >= 11 is 5.58. The lowest BCUT2D eigenvalue weighted by atomic mass is 10.2. The Hall–Kier alpha value is -1.73. The highest BCUT2D eigenvalue weighted by atomic mass is 35.5. The quantitative estimate of drug-likeness (QED) is 0.392. The fourth-order valence-electron chi connectivity index (χ4n) is 0.718. The normalized spacial score (nSPS) is 8.71. The maximum absolute atomic E-state index is 10.7. The van der Waals surface area contributed by atoms with Crippen molar-refractivity contribution >= 4 is 23.3 Å². The summed E-state index contributed by atoms with van der Waals surface area (Å²) in [6.45, 7) is 0. The van der Waals surface area contributed by atoms with Gasteiger partial charge in [0.2, 0.25) is 0 Å². The van der Waals surface area contributed by atoms with Crippen molar-refractivity contribution in [2.75, 3.05) is 12.8 Å². The second kappa shape index (κ2) is 4.49. The molecule has 4 nitrogen and oxygen atoms in total. The van der Waals surface area contributed by atoms with Crippen molar-refractivity contribution in [2.24, 2.45) is 0 Å². The number of nitrogens with two attached hydrogens (primary N) is 1. The molecule has 14 heavy (non-hydrogen) atoms. The molecule has 0 saturated heterocycles. The average Bonchev–Trinajstić information content (AvgIpc) is 2.16. The number of anilines is 1. The zero-order chi connectivity index (χ0) is 10.6. The molecule has 72 valence electrons. The van der Waals surface area contributed by atoms with E-state index in [0.29, 0.717) is 11.3 Å². The van der Waals surface area contributed by atoms with E-state index in [9.17, 15) is 4.79 Å². The van der Waals surface area contributed by atoms with E-state index < -0.39 is 5.97 Å². The summed E-state index contributed by atoms with van der Waals surface area (Å²) in [5, 5.41) is 0.283. The molecule has 1 aromatic heterocycles. The number of hydrogen-bond donors (Lipinski definition) is 1. The second-order valence-corrected chi connectivity index (χ2v) is 2.72. The van der Waals surface area contributed by atoms with Gasteiger partial charge in [0.25, 0.3) is 0 Å². The van der Waals surface area contributed by atoms with E-state index in [2.05, 4.69) is 21.6 Å². The predicted octanol–water partition coefficient (Wildman–Crippen LogP) is 0.842. The molecule has 0 saturated carbocycles. The van der Waals surface area contributed by atoms with Crippen LogP contribution in [0.2, 0.25) is 5.15 Å². The van der Waals surface area contributed by atoms with Crippen LogP contribution in [0.15, 0.2) is 12.3 Å². The number of esters is 1. The Morgan fingerprint density at radius 2 is 2.43 bits per heavy atom. The number of carbonyl (C=O) groups excluding carboxylic acids is 1. The van der Waals surface area contributed by atoms with Crippen LogP contribution >= 0.6 is 11.6 Å². The lowest BCUT2D eigenvalue weighted by Gasteiger charge is -1.96. The summed E-state index contributed by atoms with van der Waals surface area (Å²) in [5.74, 6) is 4.13. The van der Waals surface area contributed by atoms with E-state index in [1.807, 2.05) is 0 Å². The molecule has 0 aliphatic rings. The van der Waals surface area contributed by atoms with Crippen molar-refractivity contribution in [1.29, 1.82) is 0 Å². The molecular formula is C9H7ClN2O2. The Kier molecular flexibility index (Phi) is 3.32. The maximum Gasteiger partial charge on any atom is 0.384 e. The van der Waals surface area contributed by atoms with E-state index in [-0.39, 0.29) is 5.15 Å². The molecule has 1 aromatic rings. The summed E-state index contributed by atoms with van der Waals surface area (Å²) in [6.07, 6.45) is 1.40. The van der Waals surface area contributed by atoms with Crippen molar-refractivity contribution in [1.82, 2.24) is 4.98 Å². The number of methoxy groups -OCH3 is 1. The number of carbonyl (C=O) groups is 1. The van der Waals surface area contributed by atoms with Gasteiger partial charge in [0.05, 0.1) is 18.4 Å². The first-order chi connectivity index (χ1) is 6.63. The van der Waals surface area contributed by atoms with Crippen molar-refractivity contribution < 1.29 is 9.53 Å². The SMILES string of the molecule is COC(=O)C#Cc1cnc(Cl)cc1N. The van der Waals surface area contributed by atoms with E-state index >= 15 is 0 Å². The highest BCUT2D eigenvalue weighted by Gasteiger charge is 1.98. The first kappa shape index (κ1) is 10.4. The number of pyridine rings is 1. The van der Waals surface area contributed by atoms with Crippen LogP contribution in [0.4, 0.5) is 5.69 Å². The molecule has 0 aromatic carbocycles. The Labute approximate surface area is 86.0 Å². The summed E-state index contributed by atoms with van der Waals surface area (Å²) in [7, 11) is 1.25. The molecule has 0 aliphatic carbocycles. The average molecular weight is 211 g/mol. The maximum atomic E-state index is 10.7. The van der Waals surface area contributed by atoms with E-state index in [0.717, 1.165) is 0 Å². The summed E-state index contributed by atoms with van der Waals surface area (Å²) in [6, 6.07) is 1.46. The van der Waals surface area contributed by atoms with Gasteiger partial charge in [-0.25, -0.2) is 9.78 Å². The third-order valence-electron chi connectivity index (χ3n) is 1.39. The van der Waals surface area contributed by atoms with Crippen LogP contribution in [0.3, 0.4) is 0 Å². The molecule has 0 unspecified atom stereocenters. The monoisotopic (exact) mass is 210 g/mol. The first-order valence-electron chi connectivity index (χ1n) is 3.64. The van der Waals surface area contributed by atoms with E-state index in [1.54, 1.807) is 0 Å². The topological polar surface area (TPSA) is 65.2 Å². The van der Waals surface area contributed by atoms with Gasteiger partial charge < -0.3 is 10.5 Å². The van der Waals surface area contributed by atoms with Crippen molar-refractivity contribution in [3.63, 3.8) is 0 Å². The number of aromatic nitrogens is 1. The number of nitrogens with zero attached hydrogens (tertiary/aromatic N) is 1. The number of ether oxygens (including phenoxy) is 1. The van der Waals surface area contributed by atoms with Crippen LogP contribution in [0.25, 0.3) is 0 Å². The minimum atomic E-state index is -0.626. The van der Waals surface area contributed by atoms with Crippen LogP contribution in [-0.4, -0.2) is 18.1 Å². The molecule has 5 heteroatoms. The Morgan fingerprint density at radius 3 is 3.00 bits per heavy atom. The molecule has 1 rings (SSSR count). The molecule has 0 spiro atoms. The molecule has 0 aliphatic heterocycles. The van der Waals surface area contributed by atoms with Crippen LogP contribution in [-0.2, 0) is 9.53 Å². The zero-order valence-corrected chi connectivity index (χ0v) is 8.13. The number of halogens is 1. The number of nitrogen functional groups attached to an aromatic ring is 1. The summed E-state index contributed by atoms with van der Waals surface area (Å²) < 4.78 is 4.34. The molecule has 0 atom stereocenters. The van der Waals surface area contributed by atoms with Gasteiger partial charge >= 0.3 is 5.97 Å². The highest BCUT2D eigenvalue weighted by Crippen LogP contribution is 2.13. The number of hydrogen-bond acceptors (Lipinski definition) is 4. The van der Waals surface area contributed by atoms with E-state index in [4.69, 9.17) is 17.3 Å². The van der Waals surface area contributed by atoms with Gasteiger partial charge in [-0.2, -0.15) is 0 Å². The van der Waals surface area contributed by atoms with Gasteiger partial charge in [-0.1, -0.05) is 17.5 Å². The minimum Gasteiger partial charge on any atom is -0.459 e. The van der Waals surface area contributed by atoms with Crippen LogP contribution in [0, 0.1) is 11.8 Å². The van der Waals surface area contributed by atoms with Crippen molar-refractivity contribution in [2.45, 2.75) is 0 Å². The van der Waals surface area contributed by atoms with E-state index in [1.165, 1.54) is 19.4 Å². The molecule has 0 bridgehead atoms. The Morgan fingerprint density at radius 1 is 1.71 bits per heavy atom. The molecule has 0 radical (unpaired) electrons. The van der Waals surface area contributed by atoms with Gasteiger partial charge in [0, 0.05) is 12.1 Å². The van der Waals surface area contributed by atoms with Crippen LogP contribution < -0.4 is 5.73 Å². The number of rotatable bonds is 0. The molecule has 1 heterocycles. The van der Waals surface area contributed by atoms with Gasteiger partial charge in [-0.3, -0.25) is 0 Å². The fourth-order valence-corrected chi connectivity index (χ4v) is 0.884. The predicted molar refractivity (Wildman–Crippen MR) is 52.6 cm³/mol. The van der Waals surface area contributed by atoms with Crippen LogP contribution in [0.5, 0.6) is 0 Å². The first-order valence-corrected chi connectivity index (χ1v) is 4.02. The molecule has 2 N–H and O–H groups in total. The third kappa shape index (κ3) is 2.64. The summed E-state index contributed by atoms with van der Waals surface area (Å²) in [5.41, 5.74) is 6.39. The molecule has 0 fully saturated rings. The third-order valence-corrected chi connectivity index (χ3v) is 1.59. The lowest BCUT2D eigenvalue weighted by molar-refractivity contribution is -0.133. The van der Waals surface area contributed by atoms with Gasteiger partial charge in [0.1, 0.15) is 5.15 Å². The lowest BCUT2D eigenvalue weighted by Crippen LogP contribution is -1.96. The zero-order valence-electron chi connectivity index (χ0n) is 7.37. The summed E-state index contributed by atoms with van der Waals surface area (Å²) in [4.78, 5) is 14.5. The van der Waals surface area contributed by atoms with Gasteiger partial charge in [0.15, 0.2) is 0 Å². The fraction of sp³-hybridized carbons (Fsp3) is 0.111. The molecule has 0 amide bonds. The largest absolute Gasteiger partial charge is 0.459 e. The Balaban J connectivity index is 2.96. The minimum absolute atomic E-state index is 0.283. The smallest absolute Gasteiger partial charge is 0.384 e. The second-order valence-electron chi connectivity index (χ2n) is 2.34. The Bertz CT molecular complexity index is 421. The van der Waals surface area contributed by atoms with Gasteiger partial charge in [-0.15, -0.1) is 0 Å².